The fourth-order valence-electron chi connectivity index (χ4n) is 3.24. The summed E-state index contributed by atoms with van der Waals surface area (Å²) in [7, 11) is 0. The van der Waals surface area contributed by atoms with Crippen LogP contribution in [0.3, 0.4) is 0 Å². The van der Waals surface area contributed by atoms with Gasteiger partial charge in [0.15, 0.2) is 0 Å². The fourth-order valence-corrected chi connectivity index (χ4v) is 4.31. The van der Waals surface area contributed by atoms with Crippen molar-refractivity contribution in [3.05, 3.63) is 73.9 Å². The average Bonchev–Trinajstić information content (AvgIpc) is 3.38. The highest BCUT2D eigenvalue weighted by atomic mass is 32.1. The molecule has 0 fully saturated rings. The van der Waals surface area contributed by atoms with Crippen LogP contribution in [0, 0.1) is 17.0 Å². The highest BCUT2D eigenvalue weighted by Gasteiger charge is 2.28. The van der Waals surface area contributed by atoms with E-state index in [0.29, 0.717) is 11.1 Å². The maximum atomic E-state index is 13.0. The molecule has 36 heavy (non-hydrogen) atoms. The zero-order valence-electron chi connectivity index (χ0n) is 20.4. The summed E-state index contributed by atoms with van der Waals surface area (Å²) in [5, 5.41) is 17.7. The van der Waals surface area contributed by atoms with Crippen LogP contribution in [-0.2, 0) is 16.0 Å². The van der Waals surface area contributed by atoms with Crippen molar-refractivity contribution in [1.29, 1.82) is 0 Å². The van der Waals surface area contributed by atoms with Crippen molar-refractivity contribution in [2.24, 2.45) is 0 Å². The summed E-state index contributed by atoms with van der Waals surface area (Å²) in [5.41, 5.74) is 1.45. The Kier molecular flexibility index (Phi) is 8.20. The van der Waals surface area contributed by atoms with Crippen LogP contribution in [0.5, 0.6) is 0 Å². The molecule has 12 heteroatoms. The minimum atomic E-state index is -0.652. The van der Waals surface area contributed by atoms with Gasteiger partial charge in [-0.3, -0.25) is 19.6 Å². The first-order valence-electron chi connectivity index (χ1n) is 11.1. The van der Waals surface area contributed by atoms with E-state index in [9.17, 15) is 24.5 Å². The van der Waals surface area contributed by atoms with Gasteiger partial charge in [0.05, 0.1) is 29.2 Å². The van der Waals surface area contributed by atoms with E-state index in [1.807, 2.05) is 0 Å². The van der Waals surface area contributed by atoms with E-state index in [1.54, 1.807) is 58.9 Å². The standard InChI is InChI=1S/C24H26N4O7S/c1-13(2)34-23(30)19-15(5)20(24(31)35-14(3)4)36-22(19)26-21(29)17-8-6-16(7-9-17)11-27-12-18(10-25-27)28(32)33/h6-10,12-14H,11H2,1-5H3,(H,26,29). The van der Waals surface area contributed by atoms with Crippen molar-refractivity contribution in [3.8, 4) is 0 Å². The van der Waals surface area contributed by atoms with Crippen LogP contribution in [0.2, 0.25) is 0 Å². The van der Waals surface area contributed by atoms with Gasteiger partial charge in [0.2, 0.25) is 0 Å². The van der Waals surface area contributed by atoms with Crippen LogP contribution in [0.25, 0.3) is 0 Å². The molecule has 0 bridgehead atoms. The Morgan fingerprint density at radius 2 is 1.69 bits per heavy atom. The number of rotatable bonds is 9. The zero-order chi connectivity index (χ0) is 26.6. The number of carbonyl (C=O) groups is 3. The Morgan fingerprint density at radius 3 is 2.25 bits per heavy atom. The topological polar surface area (TPSA) is 143 Å². The van der Waals surface area contributed by atoms with Crippen molar-refractivity contribution < 1.29 is 28.8 Å². The van der Waals surface area contributed by atoms with E-state index >= 15 is 0 Å². The predicted octanol–water partition coefficient (Wildman–Crippen LogP) is 4.59. The van der Waals surface area contributed by atoms with Gasteiger partial charge in [-0.05, 0) is 57.9 Å². The third-order valence-electron chi connectivity index (χ3n) is 4.84. The lowest BCUT2D eigenvalue weighted by molar-refractivity contribution is -0.385. The van der Waals surface area contributed by atoms with E-state index in [2.05, 4.69) is 10.4 Å². The monoisotopic (exact) mass is 514 g/mol. The van der Waals surface area contributed by atoms with Crippen LogP contribution < -0.4 is 5.32 Å². The number of nitrogens with zero attached hydrogens (tertiary/aromatic N) is 3. The second-order valence-corrected chi connectivity index (χ2v) is 9.49. The van der Waals surface area contributed by atoms with Gasteiger partial charge in [-0.1, -0.05) is 12.1 Å². The summed E-state index contributed by atoms with van der Waals surface area (Å²) in [6.07, 6.45) is 1.74. The van der Waals surface area contributed by atoms with Gasteiger partial charge in [0, 0.05) is 5.56 Å². The minimum Gasteiger partial charge on any atom is -0.459 e. The maximum Gasteiger partial charge on any atom is 0.348 e. The number of carbonyl (C=O) groups excluding carboxylic acids is 3. The molecule has 0 aliphatic heterocycles. The van der Waals surface area contributed by atoms with Gasteiger partial charge in [-0.25, -0.2) is 9.59 Å². The number of thiophene rings is 1. The number of amides is 1. The maximum absolute atomic E-state index is 13.0. The lowest BCUT2D eigenvalue weighted by Gasteiger charge is -2.11. The van der Waals surface area contributed by atoms with Crippen LogP contribution in [0.1, 0.15) is 69.2 Å². The minimum absolute atomic E-state index is 0.106. The summed E-state index contributed by atoms with van der Waals surface area (Å²) in [4.78, 5) is 48.8. The van der Waals surface area contributed by atoms with Gasteiger partial charge in [0.1, 0.15) is 22.3 Å². The van der Waals surface area contributed by atoms with Crippen molar-refractivity contribution >= 4 is 39.9 Å². The average molecular weight is 515 g/mol. The number of benzene rings is 1. The Labute approximate surface area is 211 Å². The molecule has 190 valence electrons. The third-order valence-corrected chi connectivity index (χ3v) is 6.03. The first-order valence-corrected chi connectivity index (χ1v) is 11.9. The summed E-state index contributed by atoms with van der Waals surface area (Å²) >= 11 is 0.950. The lowest BCUT2D eigenvalue weighted by atomic mass is 10.1. The molecule has 2 heterocycles. The number of ether oxygens (including phenoxy) is 2. The lowest BCUT2D eigenvalue weighted by Crippen LogP contribution is -2.17. The van der Waals surface area contributed by atoms with E-state index < -0.39 is 28.9 Å². The van der Waals surface area contributed by atoms with E-state index in [1.165, 1.54) is 10.9 Å². The van der Waals surface area contributed by atoms with Crippen LogP contribution in [-0.4, -0.2) is 44.8 Å². The second kappa shape index (κ2) is 11.1. The Balaban J connectivity index is 1.82. The van der Waals surface area contributed by atoms with Crippen LogP contribution in [0.15, 0.2) is 36.7 Å². The normalized spacial score (nSPS) is 11.0. The molecule has 1 amide bonds. The Hall–Kier alpha value is -4.06. The van der Waals surface area contributed by atoms with E-state index in [-0.39, 0.29) is 33.8 Å². The molecule has 11 nitrogen and oxygen atoms in total. The summed E-state index contributed by atoms with van der Waals surface area (Å²) in [6.45, 7) is 8.73. The number of nitro groups is 1. The SMILES string of the molecule is Cc1c(C(=O)OC(C)C)sc(NC(=O)c2ccc(Cn3cc([N+](=O)[O-])cn3)cc2)c1C(=O)OC(C)C. The van der Waals surface area contributed by atoms with Crippen LogP contribution >= 0.6 is 11.3 Å². The molecule has 1 aromatic carbocycles. The van der Waals surface area contributed by atoms with Gasteiger partial charge in [0.25, 0.3) is 5.91 Å². The number of anilines is 1. The van der Waals surface area contributed by atoms with Crippen molar-refractivity contribution in [3.63, 3.8) is 0 Å². The highest BCUT2D eigenvalue weighted by molar-refractivity contribution is 7.18. The molecule has 3 aromatic rings. The molecule has 0 atom stereocenters. The molecular weight excluding hydrogens is 488 g/mol. The molecule has 3 rings (SSSR count). The summed E-state index contributed by atoms with van der Waals surface area (Å²) < 4.78 is 12.0. The molecule has 0 saturated carbocycles. The Morgan fingerprint density at radius 1 is 1.08 bits per heavy atom. The Bertz CT molecular complexity index is 1290. The van der Waals surface area contributed by atoms with Crippen molar-refractivity contribution in [1.82, 2.24) is 9.78 Å². The predicted molar refractivity (Wildman–Crippen MR) is 133 cm³/mol. The quantitative estimate of drug-likeness (QED) is 0.248. The number of esters is 2. The smallest absolute Gasteiger partial charge is 0.348 e. The van der Waals surface area contributed by atoms with Crippen molar-refractivity contribution in [2.45, 2.75) is 53.4 Å². The molecular formula is C24H26N4O7S. The second-order valence-electron chi connectivity index (χ2n) is 8.47. The molecule has 0 aliphatic carbocycles. The van der Waals surface area contributed by atoms with Gasteiger partial charge >= 0.3 is 17.6 Å². The van der Waals surface area contributed by atoms with Crippen molar-refractivity contribution in [2.75, 3.05) is 5.32 Å². The number of hydrogen-bond donors (Lipinski definition) is 1. The molecule has 0 aliphatic rings. The molecule has 0 spiro atoms. The summed E-state index contributed by atoms with van der Waals surface area (Å²) in [5.74, 6) is -1.73. The van der Waals surface area contributed by atoms with Gasteiger partial charge < -0.3 is 14.8 Å². The molecule has 0 radical (unpaired) electrons. The van der Waals surface area contributed by atoms with Gasteiger partial charge in [-0.2, -0.15) is 5.10 Å². The number of nitrogens with one attached hydrogen (secondary N) is 1. The number of hydrogen-bond acceptors (Lipinski definition) is 9. The first kappa shape index (κ1) is 26.5. The zero-order valence-corrected chi connectivity index (χ0v) is 21.3. The third kappa shape index (κ3) is 6.33. The molecule has 0 saturated heterocycles. The van der Waals surface area contributed by atoms with Gasteiger partial charge in [-0.15, -0.1) is 11.3 Å². The van der Waals surface area contributed by atoms with E-state index in [0.717, 1.165) is 23.1 Å². The van der Waals surface area contributed by atoms with E-state index in [4.69, 9.17) is 9.47 Å². The molecule has 1 N–H and O–H groups in total. The fraction of sp³-hybridized carbons (Fsp3) is 0.333. The van der Waals surface area contributed by atoms with Crippen LogP contribution in [0.4, 0.5) is 10.7 Å². The highest BCUT2D eigenvalue weighted by Crippen LogP contribution is 2.35. The number of aromatic nitrogens is 2. The first-order chi connectivity index (χ1) is 17.0. The summed E-state index contributed by atoms with van der Waals surface area (Å²) in [6, 6.07) is 6.56. The molecule has 0 unspecified atom stereocenters. The largest absolute Gasteiger partial charge is 0.459 e. The molecule has 2 aromatic heterocycles.